The van der Waals surface area contributed by atoms with Crippen LogP contribution in [-0.2, 0) is 0 Å². The van der Waals surface area contributed by atoms with Gasteiger partial charge >= 0.3 is 0 Å². The molecule has 10 heavy (non-hydrogen) atoms. The monoisotopic (exact) mass is 139 g/mol. The van der Waals surface area contributed by atoms with E-state index in [0.717, 1.165) is 5.69 Å². The minimum atomic E-state index is 0.245. The Labute approximate surface area is 59.5 Å². The number of aromatic hydroxyl groups is 1. The summed E-state index contributed by atoms with van der Waals surface area (Å²) in [4.78, 5) is 0. The number of nitrogens with one attached hydrogen (secondary N) is 1. The van der Waals surface area contributed by atoms with Crippen molar-refractivity contribution in [2.45, 2.75) is 0 Å². The van der Waals surface area contributed by atoms with E-state index in [0.29, 0.717) is 5.69 Å². The van der Waals surface area contributed by atoms with Crippen LogP contribution >= 0.6 is 0 Å². The van der Waals surface area contributed by atoms with E-state index in [1.165, 1.54) is 0 Å². The fourth-order valence-corrected chi connectivity index (χ4v) is 0.875. The zero-order valence-electron chi connectivity index (χ0n) is 5.89. The smallest absolute Gasteiger partial charge is 0.155 e. The van der Waals surface area contributed by atoms with Gasteiger partial charge in [-0.25, -0.2) is 0 Å². The van der Waals surface area contributed by atoms with Gasteiger partial charge in [0.1, 0.15) is 11.4 Å². The first-order chi connectivity index (χ1) is 4.75. The van der Waals surface area contributed by atoms with Crippen LogP contribution in [0.4, 0.5) is 11.4 Å². The average Bonchev–Trinajstić information content (AvgIpc) is 1.88. The van der Waals surface area contributed by atoms with E-state index < -0.39 is 0 Å². The molecule has 0 unspecified atom stereocenters. The number of anilines is 1. The largest absolute Gasteiger partial charge is 0.506 e. The van der Waals surface area contributed by atoms with Crippen LogP contribution in [0.15, 0.2) is 18.2 Å². The standard InChI is InChI=1S/C7H10N2O/c1-9-7-5(8)3-2-4-6(7)10/h2-4,9-10H,8H2,1H3/p+1. The lowest BCUT2D eigenvalue weighted by molar-refractivity contribution is -0.253. The lowest BCUT2D eigenvalue weighted by Crippen LogP contribution is -2.40. The Balaban J connectivity index is 3.17. The second-order valence-corrected chi connectivity index (χ2v) is 2.06. The summed E-state index contributed by atoms with van der Waals surface area (Å²) in [6.07, 6.45) is 0. The molecule has 0 heterocycles. The third-order valence-corrected chi connectivity index (χ3v) is 1.38. The van der Waals surface area contributed by atoms with Crippen LogP contribution in [0.5, 0.6) is 5.75 Å². The van der Waals surface area contributed by atoms with Gasteiger partial charge in [-0.1, -0.05) is 6.07 Å². The zero-order chi connectivity index (χ0) is 7.56. The molecule has 1 aromatic carbocycles. The van der Waals surface area contributed by atoms with Gasteiger partial charge in [-0.15, -0.1) is 0 Å². The van der Waals surface area contributed by atoms with E-state index in [4.69, 9.17) is 0 Å². The Morgan fingerprint density at radius 2 is 2.20 bits per heavy atom. The van der Waals surface area contributed by atoms with Crippen LogP contribution in [-0.4, -0.2) is 12.2 Å². The molecule has 0 bridgehead atoms. The SMILES string of the molecule is CNc1c([NH3+])cccc1O. The normalized spacial score (nSPS) is 9.40. The van der Waals surface area contributed by atoms with Gasteiger partial charge < -0.3 is 16.2 Å². The van der Waals surface area contributed by atoms with Gasteiger partial charge in [-0.05, 0) is 6.07 Å². The van der Waals surface area contributed by atoms with E-state index in [9.17, 15) is 5.11 Å². The Morgan fingerprint density at radius 1 is 1.50 bits per heavy atom. The molecule has 54 valence electrons. The van der Waals surface area contributed by atoms with Crippen molar-refractivity contribution in [2.24, 2.45) is 0 Å². The van der Waals surface area contributed by atoms with Crippen molar-refractivity contribution in [1.82, 2.24) is 0 Å². The third kappa shape index (κ3) is 1.04. The van der Waals surface area contributed by atoms with Crippen molar-refractivity contribution >= 4 is 11.4 Å². The van der Waals surface area contributed by atoms with Gasteiger partial charge in [0.15, 0.2) is 5.69 Å². The number of benzene rings is 1. The summed E-state index contributed by atoms with van der Waals surface area (Å²) in [5.74, 6) is 0.245. The van der Waals surface area contributed by atoms with Gasteiger partial charge in [0.25, 0.3) is 0 Å². The minimum absolute atomic E-state index is 0.245. The van der Waals surface area contributed by atoms with Crippen LogP contribution < -0.4 is 11.1 Å². The van der Waals surface area contributed by atoms with E-state index in [2.05, 4.69) is 11.1 Å². The molecule has 0 spiro atoms. The number of phenols is 1. The minimum Gasteiger partial charge on any atom is -0.506 e. The Kier molecular flexibility index (Phi) is 1.78. The second-order valence-electron chi connectivity index (χ2n) is 2.06. The highest BCUT2D eigenvalue weighted by atomic mass is 16.3. The van der Waals surface area contributed by atoms with E-state index in [1.54, 1.807) is 19.2 Å². The highest BCUT2D eigenvalue weighted by Crippen LogP contribution is 2.26. The maximum absolute atomic E-state index is 9.19. The quantitative estimate of drug-likeness (QED) is 0.490. The van der Waals surface area contributed by atoms with Crippen molar-refractivity contribution in [3.63, 3.8) is 0 Å². The fourth-order valence-electron chi connectivity index (χ4n) is 0.875. The molecule has 0 aliphatic carbocycles. The molecular formula is C7H11N2O+. The number of rotatable bonds is 1. The van der Waals surface area contributed by atoms with Gasteiger partial charge in [0, 0.05) is 13.1 Å². The maximum atomic E-state index is 9.19. The van der Waals surface area contributed by atoms with Crippen LogP contribution in [0.3, 0.4) is 0 Å². The van der Waals surface area contributed by atoms with Crippen molar-refractivity contribution < 1.29 is 10.8 Å². The molecular weight excluding hydrogens is 128 g/mol. The molecule has 0 aliphatic heterocycles. The number of para-hydroxylation sites is 1. The average molecular weight is 139 g/mol. The van der Waals surface area contributed by atoms with E-state index >= 15 is 0 Å². The predicted octanol–water partition coefficient (Wildman–Crippen LogP) is 0.307. The van der Waals surface area contributed by atoms with Crippen LogP contribution in [0.1, 0.15) is 0 Å². The summed E-state index contributed by atoms with van der Waals surface area (Å²) in [5, 5.41) is 12.0. The predicted molar refractivity (Wildman–Crippen MR) is 40.2 cm³/mol. The van der Waals surface area contributed by atoms with Crippen molar-refractivity contribution in [1.29, 1.82) is 0 Å². The van der Waals surface area contributed by atoms with Crippen LogP contribution in [0.2, 0.25) is 0 Å². The first kappa shape index (κ1) is 6.89. The third-order valence-electron chi connectivity index (χ3n) is 1.38. The molecule has 5 N–H and O–H groups in total. The highest BCUT2D eigenvalue weighted by molar-refractivity contribution is 5.68. The first-order valence-electron chi connectivity index (χ1n) is 3.07. The maximum Gasteiger partial charge on any atom is 0.155 e. The molecule has 0 radical (unpaired) electrons. The summed E-state index contributed by atoms with van der Waals surface area (Å²) >= 11 is 0. The summed E-state index contributed by atoms with van der Waals surface area (Å²) < 4.78 is 0. The van der Waals surface area contributed by atoms with Gasteiger partial charge in [0.05, 0.1) is 0 Å². The Bertz CT molecular complexity index is 215. The molecule has 1 aromatic rings. The van der Waals surface area contributed by atoms with Crippen LogP contribution in [0, 0.1) is 0 Å². The zero-order valence-corrected chi connectivity index (χ0v) is 5.89. The number of phenolic OH excluding ortho intramolecular Hbond substituents is 1. The highest BCUT2D eigenvalue weighted by Gasteiger charge is 2.03. The van der Waals surface area contributed by atoms with E-state index in [1.807, 2.05) is 6.07 Å². The molecule has 0 atom stereocenters. The number of hydrogen-bond acceptors (Lipinski definition) is 2. The van der Waals surface area contributed by atoms with Gasteiger partial charge in [0.2, 0.25) is 0 Å². The van der Waals surface area contributed by atoms with Gasteiger partial charge in [-0.2, -0.15) is 0 Å². The summed E-state index contributed by atoms with van der Waals surface area (Å²) in [6.45, 7) is 0. The molecule has 0 aromatic heterocycles. The van der Waals surface area contributed by atoms with Crippen LogP contribution in [0.25, 0.3) is 0 Å². The van der Waals surface area contributed by atoms with Crippen molar-refractivity contribution in [3.05, 3.63) is 18.2 Å². The Morgan fingerprint density at radius 3 is 2.60 bits per heavy atom. The fraction of sp³-hybridized carbons (Fsp3) is 0.143. The number of quaternary nitrogens is 1. The molecule has 0 fully saturated rings. The summed E-state index contributed by atoms with van der Waals surface area (Å²) in [7, 11) is 1.75. The van der Waals surface area contributed by atoms with Crippen molar-refractivity contribution in [2.75, 3.05) is 12.4 Å². The van der Waals surface area contributed by atoms with Gasteiger partial charge in [-0.3, -0.25) is 0 Å². The lowest BCUT2D eigenvalue weighted by Gasteiger charge is -2.02. The molecule has 3 nitrogen and oxygen atoms in total. The molecule has 0 saturated heterocycles. The molecule has 3 heteroatoms. The van der Waals surface area contributed by atoms with E-state index in [-0.39, 0.29) is 5.75 Å². The summed E-state index contributed by atoms with van der Waals surface area (Å²) in [5.41, 5.74) is 5.23. The molecule has 0 amide bonds. The van der Waals surface area contributed by atoms with Crippen molar-refractivity contribution in [3.8, 4) is 5.75 Å². The summed E-state index contributed by atoms with van der Waals surface area (Å²) in [6, 6.07) is 5.23. The Hall–Kier alpha value is -1.22. The molecule has 0 saturated carbocycles. The molecule has 1 rings (SSSR count). The number of hydrogen-bond donors (Lipinski definition) is 3. The molecule has 0 aliphatic rings. The lowest BCUT2D eigenvalue weighted by atomic mass is 10.2. The first-order valence-corrected chi connectivity index (χ1v) is 3.07. The topological polar surface area (TPSA) is 59.9 Å². The second kappa shape index (κ2) is 2.58.